The molecule has 0 atom stereocenters. The van der Waals surface area contributed by atoms with E-state index in [4.69, 9.17) is 11.6 Å². The summed E-state index contributed by atoms with van der Waals surface area (Å²) in [4.78, 5) is 0. The van der Waals surface area contributed by atoms with Gasteiger partial charge in [0.25, 0.3) is 0 Å². The molecule has 0 aliphatic heterocycles. The second-order valence-electron chi connectivity index (χ2n) is 8.22. The van der Waals surface area contributed by atoms with Crippen molar-refractivity contribution < 1.29 is 0 Å². The summed E-state index contributed by atoms with van der Waals surface area (Å²) < 4.78 is 2.11. The van der Waals surface area contributed by atoms with E-state index in [0.29, 0.717) is 5.02 Å². The van der Waals surface area contributed by atoms with Crippen LogP contribution in [0.15, 0.2) is 84.0 Å². The fraction of sp³-hybridized carbons (Fsp3) is 0.200. The van der Waals surface area contributed by atoms with E-state index in [1.54, 1.807) is 11.8 Å². The van der Waals surface area contributed by atoms with E-state index in [0.717, 1.165) is 28.0 Å². The quantitative estimate of drug-likeness (QED) is 0.312. The van der Waals surface area contributed by atoms with Crippen LogP contribution < -0.4 is 0 Å². The average molecular weight is 434 g/mol. The van der Waals surface area contributed by atoms with Crippen LogP contribution in [-0.2, 0) is 11.2 Å². The van der Waals surface area contributed by atoms with Gasteiger partial charge in [-0.05, 0) is 40.8 Å². The number of halogens is 1. The van der Waals surface area contributed by atoms with Crippen molar-refractivity contribution in [2.24, 2.45) is 0 Å². The van der Waals surface area contributed by atoms with Crippen molar-refractivity contribution in [3.63, 3.8) is 0 Å². The van der Waals surface area contributed by atoms with Crippen LogP contribution in [-0.4, -0.2) is 14.8 Å². The van der Waals surface area contributed by atoms with Gasteiger partial charge in [-0.2, -0.15) is 0 Å². The Morgan fingerprint density at radius 3 is 2.13 bits per heavy atom. The highest BCUT2D eigenvalue weighted by atomic mass is 35.5. The van der Waals surface area contributed by atoms with Crippen LogP contribution in [0, 0.1) is 0 Å². The molecule has 4 rings (SSSR count). The molecule has 0 N–H and O–H groups in total. The highest BCUT2D eigenvalue weighted by molar-refractivity contribution is 7.98. The molecule has 3 aromatic carbocycles. The van der Waals surface area contributed by atoms with Gasteiger partial charge in [-0.1, -0.05) is 98.7 Å². The standard InChI is InChI=1S/C25H24ClN3S/c1-25(2,3)20-11-9-19(10-12-20)23-27-28-24(30-17-18-7-5-4-6-8-18)29(23)22-15-13-21(26)14-16-22/h4-16H,17H2,1-3H3. The van der Waals surface area contributed by atoms with Crippen molar-refractivity contribution in [3.05, 3.63) is 95.0 Å². The number of hydrogen-bond donors (Lipinski definition) is 0. The van der Waals surface area contributed by atoms with Crippen molar-refractivity contribution in [2.75, 3.05) is 0 Å². The average Bonchev–Trinajstić information content (AvgIpc) is 3.17. The zero-order chi connectivity index (χ0) is 21.1. The fourth-order valence-electron chi connectivity index (χ4n) is 3.21. The van der Waals surface area contributed by atoms with Gasteiger partial charge in [0.2, 0.25) is 0 Å². The maximum absolute atomic E-state index is 6.13. The topological polar surface area (TPSA) is 30.7 Å². The third-order valence-electron chi connectivity index (χ3n) is 4.94. The lowest BCUT2D eigenvalue weighted by molar-refractivity contribution is 0.590. The summed E-state index contributed by atoms with van der Waals surface area (Å²) in [7, 11) is 0. The Hall–Kier alpha value is -2.56. The molecule has 0 spiro atoms. The van der Waals surface area contributed by atoms with E-state index in [1.165, 1.54) is 11.1 Å². The molecule has 30 heavy (non-hydrogen) atoms. The lowest BCUT2D eigenvalue weighted by Gasteiger charge is -2.19. The minimum Gasteiger partial charge on any atom is -0.270 e. The molecule has 1 heterocycles. The number of thioether (sulfide) groups is 1. The van der Waals surface area contributed by atoms with Gasteiger partial charge in [-0.3, -0.25) is 4.57 Å². The van der Waals surface area contributed by atoms with Crippen molar-refractivity contribution in [2.45, 2.75) is 37.1 Å². The minimum absolute atomic E-state index is 0.110. The van der Waals surface area contributed by atoms with Gasteiger partial charge in [0, 0.05) is 22.0 Å². The summed E-state index contributed by atoms with van der Waals surface area (Å²) in [5, 5.41) is 10.6. The molecule has 0 saturated carbocycles. The number of benzene rings is 3. The van der Waals surface area contributed by atoms with Gasteiger partial charge in [-0.25, -0.2) is 0 Å². The number of rotatable bonds is 5. The van der Waals surface area contributed by atoms with E-state index in [1.807, 2.05) is 30.3 Å². The van der Waals surface area contributed by atoms with Crippen LogP contribution in [0.1, 0.15) is 31.9 Å². The lowest BCUT2D eigenvalue weighted by atomic mass is 9.87. The molecule has 3 nitrogen and oxygen atoms in total. The van der Waals surface area contributed by atoms with Gasteiger partial charge in [-0.15, -0.1) is 10.2 Å². The number of aromatic nitrogens is 3. The van der Waals surface area contributed by atoms with Crippen molar-refractivity contribution >= 4 is 23.4 Å². The fourth-order valence-corrected chi connectivity index (χ4v) is 4.25. The van der Waals surface area contributed by atoms with Gasteiger partial charge in [0.1, 0.15) is 0 Å². The van der Waals surface area contributed by atoms with Crippen LogP contribution in [0.2, 0.25) is 5.02 Å². The van der Waals surface area contributed by atoms with Gasteiger partial charge in [0.15, 0.2) is 11.0 Å². The number of nitrogens with zero attached hydrogens (tertiary/aromatic N) is 3. The second kappa shape index (κ2) is 8.66. The Bertz CT molecular complexity index is 1110. The Balaban J connectivity index is 1.73. The molecular weight excluding hydrogens is 410 g/mol. The molecule has 0 amide bonds. The van der Waals surface area contributed by atoms with Gasteiger partial charge in [0.05, 0.1) is 0 Å². The SMILES string of the molecule is CC(C)(C)c1ccc(-c2nnc(SCc3ccccc3)n2-c2ccc(Cl)cc2)cc1. The predicted molar refractivity (Wildman–Crippen MR) is 127 cm³/mol. The summed E-state index contributed by atoms with van der Waals surface area (Å²) >= 11 is 7.80. The normalized spacial score (nSPS) is 11.6. The summed E-state index contributed by atoms with van der Waals surface area (Å²) in [6.07, 6.45) is 0. The van der Waals surface area contributed by atoms with Crippen molar-refractivity contribution in [1.29, 1.82) is 0 Å². The first-order valence-corrected chi connectivity index (χ1v) is 11.3. The molecule has 0 saturated heterocycles. The van der Waals surface area contributed by atoms with Crippen molar-refractivity contribution in [3.8, 4) is 17.1 Å². The Labute approximate surface area is 187 Å². The molecular formula is C25H24ClN3S. The first-order valence-electron chi connectivity index (χ1n) is 9.91. The molecule has 1 aromatic heterocycles. The Morgan fingerprint density at radius 2 is 1.50 bits per heavy atom. The van der Waals surface area contributed by atoms with Crippen LogP contribution in [0.3, 0.4) is 0 Å². The Morgan fingerprint density at radius 1 is 0.833 bits per heavy atom. The van der Waals surface area contributed by atoms with E-state index in [9.17, 15) is 0 Å². The van der Waals surface area contributed by atoms with E-state index in [2.05, 4.69) is 84.1 Å². The predicted octanol–water partition coefficient (Wildman–Crippen LogP) is 7.18. The molecule has 0 aliphatic rings. The molecule has 5 heteroatoms. The second-order valence-corrected chi connectivity index (χ2v) is 9.60. The molecule has 0 radical (unpaired) electrons. The third kappa shape index (κ3) is 4.61. The van der Waals surface area contributed by atoms with E-state index in [-0.39, 0.29) is 5.41 Å². The summed E-state index contributed by atoms with van der Waals surface area (Å²) in [6.45, 7) is 6.66. The summed E-state index contributed by atoms with van der Waals surface area (Å²) in [5.41, 5.74) is 4.69. The highest BCUT2D eigenvalue weighted by Crippen LogP contribution is 2.31. The zero-order valence-corrected chi connectivity index (χ0v) is 18.9. The molecule has 4 aromatic rings. The molecule has 0 fully saturated rings. The molecule has 0 aliphatic carbocycles. The summed E-state index contributed by atoms with van der Waals surface area (Å²) in [6, 6.07) is 26.8. The first-order chi connectivity index (χ1) is 14.4. The van der Waals surface area contributed by atoms with Crippen LogP contribution >= 0.6 is 23.4 Å². The highest BCUT2D eigenvalue weighted by Gasteiger charge is 2.18. The van der Waals surface area contributed by atoms with Crippen molar-refractivity contribution in [1.82, 2.24) is 14.8 Å². The first kappa shape index (κ1) is 20.7. The lowest BCUT2D eigenvalue weighted by Crippen LogP contribution is -2.10. The largest absolute Gasteiger partial charge is 0.270 e. The van der Waals surface area contributed by atoms with E-state index >= 15 is 0 Å². The summed E-state index contributed by atoms with van der Waals surface area (Å²) in [5.74, 6) is 1.66. The van der Waals surface area contributed by atoms with Crippen LogP contribution in [0.25, 0.3) is 17.1 Å². The maximum atomic E-state index is 6.13. The smallest absolute Gasteiger partial charge is 0.196 e. The van der Waals surface area contributed by atoms with Gasteiger partial charge < -0.3 is 0 Å². The molecule has 0 bridgehead atoms. The van der Waals surface area contributed by atoms with Crippen LogP contribution in [0.4, 0.5) is 0 Å². The molecule has 152 valence electrons. The Kier molecular flexibility index (Phi) is 5.98. The van der Waals surface area contributed by atoms with E-state index < -0.39 is 0 Å². The molecule has 0 unspecified atom stereocenters. The maximum Gasteiger partial charge on any atom is 0.196 e. The third-order valence-corrected chi connectivity index (χ3v) is 6.19. The monoisotopic (exact) mass is 433 g/mol. The minimum atomic E-state index is 0.110. The number of hydrogen-bond acceptors (Lipinski definition) is 3. The van der Waals surface area contributed by atoms with Crippen LogP contribution in [0.5, 0.6) is 0 Å². The zero-order valence-electron chi connectivity index (χ0n) is 17.3. The van der Waals surface area contributed by atoms with Gasteiger partial charge >= 0.3 is 0 Å².